The van der Waals surface area contributed by atoms with Gasteiger partial charge < -0.3 is 14.8 Å². The van der Waals surface area contributed by atoms with Crippen molar-refractivity contribution in [3.8, 4) is 22.8 Å². The second-order valence-corrected chi connectivity index (χ2v) is 6.74. The molecule has 0 saturated heterocycles. The summed E-state index contributed by atoms with van der Waals surface area (Å²) in [6, 6.07) is 15.8. The van der Waals surface area contributed by atoms with Gasteiger partial charge in [-0.25, -0.2) is 4.98 Å². The van der Waals surface area contributed by atoms with Gasteiger partial charge in [0.25, 0.3) is 11.5 Å². The number of halogens is 1. The molecule has 7 nitrogen and oxygen atoms in total. The lowest BCUT2D eigenvalue weighted by atomic mass is 10.1. The van der Waals surface area contributed by atoms with E-state index >= 15 is 0 Å². The third-order valence-electron chi connectivity index (χ3n) is 4.21. The Kier molecular flexibility index (Phi) is 7.45. The minimum Gasteiger partial charge on any atom is -0.494 e. The summed E-state index contributed by atoms with van der Waals surface area (Å²) in [5.74, 6) is 0.908. The zero-order valence-corrected chi connectivity index (χ0v) is 17.3. The van der Waals surface area contributed by atoms with Gasteiger partial charge in [0.05, 0.1) is 23.7 Å². The second kappa shape index (κ2) is 10.5. The SMILES string of the molecule is CCOc1ccc(-c2cc(=O)n(CCNC(=O)COc3ccccc3Cl)cn2)cc1. The van der Waals surface area contributed by atoms with Crippen LogP contribution in [0.5, 0.6) is 11.5 Å². The van der Waals surface area contributed by atoms with E-state index < -0.39 is 0 Å². The molecule has 0 saturated carbocycles. The topological polar surface area (TPSA) is 82.5 Å². The van der Waals surface area contributed by atoms with Crippen LogP contribution in [0.4, 0.5) is 0 Å². The number of nitrogens with zero attached hydrogens (tertiary/aromatic N) is 2. The number of para-hydroxylation sites is 1. The van der Waals surface area contributed by atoms with Crippen molar-refractivity contribution in [3.05, 3.63) is 76.3 Å². The van der Waals surface area contributed by atoms with Gasteiger partial charge in [-0.3, -0.25) is 14.2 Å². The lowest BCUT2D eigenvalue weighted by Crippen LogP contribution is -2.33. The standard InChI is InChI=1S/C22H22ClN3O4/c1-2-29-17-9-7-16(8-10-17)19-13-22(28)26(15-25-19)12-11-24-21(27)14-30-20-6-4-3-5-18(20)23/h3-10,13,15H,2,11-12,14H2,1H3,(H,24,27). The highest BCUT2D eigenvalue weighted by Crippen LogP contribution is 2.22. The number of hydrogen-bond donors (Lipinski definition) is 1. The molecule has 1 amide bonds. The van der Waals surface area contributed by atoms with Crippen molar-refractivity contribution < 1.29 is 14.3 Å². The van der Waals surface area contributed by atoms with Crippen LogP contribution in [0, 0.1) is 0 Å². The molecule has 0 aliphatic heterocycles. The molecule has 30 heavy (non-hydrogen) atoms. The molecule has 8 heteroatoms. The van der Waals surface area contributed by atoms with Crippen molar-refractivity contribution in [2.75, 3.05) is 19.8 Å². The van der Waals surface area contributed by atoms with Crippen LogP contribution in [-0.2, 0) is 11.3 Å². The predicted octanol–water partition coefficient (Wildman–Crippen LogP) is 3.16. The van der Waals surface area contributed by atoms with E-state index in [1.165, 1.54) is 17.0 Å². The molecular weight excluding hydrogens is 406 g/mol. The van der Waals surface area contributed by atoms with Crippen molar-refractivity contribution in [3.63, 3.8) is 0 Å². The van der Waals surface area contributed by atoms with E-state index in [0.717, 1.165) is 11.3 Å². The molecule has 0 aliphatic carbocycles. The number of aromatic nitrogens is 2. The van der Waals surface area contributed by atoms with Crippen LogP contribution in [-0.4, -0.2) is 35.2 Å². The monoisotopic (exact) mass is 427 g/mol. The fourth-order valence-electron chi connectivity index (χ4n) is 2.71. The van der Waals surface area contributed by atoms with Crippen LogP contribution >= 0.6 is 11.6 Å². The molecule has 0 fully saturated rings. The third kappa shape index (κ3) is 5.84. The van der Waals surface area contributed by atoms with Crippen molar-refractivity contribution in [1.29, 1.82) is 0 Å². The fourth-order valence-corrected chi connectivity index (χ4v) is 2.90. The Morgan fingerprint density at radius 1 is 1.13 bits per heavy atom. The first kappa shape index (κ1) is 21.4. The predicted molar refractivity (Wildman–Crippen MR) is 115 cm³/mol. The average molecular weight is 428 g/mol. The van der Waals surface area contributed by atoms with E-state index in [2.05, 4.69) is 10.3 Å². The minimum atomic E-state index is -0.304. The normalized spacial score (nSPS) is 10.5. The highest BCUT2D eigenvalue weighted by molar-refractivity contribution is 6.32. The molecule has 3 aromatic rings. The highest BCUT2D eigenvalue weighted by Gasteiger charge is 2.07. The Morgan fingerprint density at radius 2 is 1.90 bits per heavy atom. The molecule has 0 atom stereocenters. The summed E-state index contributed by atoms with van der Waals surface area (Å²) >= 11 is 5.98. The Morgan fingerprint density at radius 3 is 2.60 bits per heavy atom. The van der Waals surface area contributed by atoms with E-state index in [1.54, 1.807) is 24.3 Å². The number of carbonyl (C=O) groups excluding carboxylic acids is 1. The summed E-state index contributed by atoms with van der Waals surface area (Å²) in [7, 11) is 0. The van der Waals surface area contributed by atoms with Gasteiger partial charge in [0.2, 0.25) is 0 Å². The number of carbonyl (C=O) groups is 1. The molecule has 0 spiro atoms. The lowest BCUT2D eigenvalue weighted by Gasteiger charge is -2.10. The molecule has 1 aromatic heterocycles. The second-order valence-electron chi connectivity index (χ2n) is 6.33. The number of amides is 1. The smallest absolute Gasteiger partial charge is 0.258 e. The summed E-state index contributed by atoms with van der Waals surface area (Å²) in [5.41, 5.74) is 1.21. The van der Waals surface area contributed by atoms with Crippen LogP contribution in [0.25, 0.3) is 11.3 Å². The van der Waals surface area contributed by atoms with Gasteiger partial charge in [-0.05, 0) is 43.3 Å². The van der Waals surface area contributed by atoms with Gasteiger partial charge in [0.1, 0.15) is 11.5 Å². The largest absolute Gasteiger partial charge is 0.494 e. The number of nitrogens with one attached hydrogen (secondary N) is 1. The minimum absolute atomic E-state index is 0.159. The lowest BCUT2D eigenvalue weighted by molar-refractivity contribution is -0.123. The Hall–Kier alpha value is -3.32. The first-order valence-electron chi connectivity index (χ1n) is 9.50. The van der Waals surface area contributed by atoms with E-state index in [-0.39, 0.29) is 24.6 Å². The van der Waals surface area contributed by atoms with E-state index in [0.29, 0.717) is 29.6 Å². The molecule has 0 aliphatic rings. The molecule has 0 unspecified atom stereocenters. The number of ether oxygens (including phenoxy) is 2. The summed E-state index contributed by atoms with van der Waals surface area (Å²) in [6.45, 7) is 2.93. The zero-order chi connectivity index (χ0) is 21.3. The van der Waals surface area contributed by atoms with Crippen LogP contribution in [0.15, 0.2) is 65.7 Å². The summed E-state index contributed by atoms with van der Waals surface area (Å²) in [6.07, 6.45) is 1.47. The van der Waals surface area contributed by atoms with Crippen molar-refractivity contribution in [2.45, 2.75) is 13.5 Å². The molecule has 2 aromatic carbocycles. The molecule has 1 heterocycles. The van der Waals surface area contributed by atoms with Crippen LogP contribution < -0.4 is 20.3 Å². The zero-order valence-electron chi connectivity index (χ0n) is 16.5. The van der Waals surface area contributed by atoms with Crippen molar-refractivity contribution in [1.82, 2.24) is 14.9 Å². The van der Waals surface area contributed by atoms with Gasteiger partial charge in [0.15, 0.2) is 6.61 Å². The van der Waals surface area contributed by atoms with Gasteiger partial charge in [0, 0.05) is 24.7 Å². The summed E-state index contributed by atoms with van der Waals surface area (Å²) < 4.78 is 12.2. The number of hydrogen-bond acceptors (Lipinski definition) is 5. The van der Waals surface area contributed by atoms with Gasteiger partial charge >= 0.3 is 0 Å². The van der Waals surface area contributed by atoms with Crippen molar-refractivity contribution >= 4 is 17.5 Å². The summed E-state index contributed by atoms with van der Waals surface area (Å²) in [4.78, 5) is 28.6. The van der Waals surface area contributed by atoms with E-state index in [4.69, 9.17) is 21.1 Å². The Labute approximate surface area is 179 Å². The maximum Gasteiger partial charge on any atom is 0.258 e. The van der Waals surface area contributed by atoms with Crippen molar-refractivity contribution in [2.24, 2.45) is 0 Å². The Bertz CT molecular complexity index is 1050. The Balaban J connectivity index is 1.50. The fraction of sp³-hybridized carbons (Fsp3) is 0.227. The number of rotatable bonds is 9. The van der Waals surface area contributed by atoms with Gasteiger partial charge in [-0.2, -0.15) is 0 Å². The number of benzene rings is 2. The maximum absolute atomic E-state index is 12.4. The molecule has 0 radical (unpaired) electrons. The van der Waals surface area contributed by atoms with Gasteiger partial charge in [-0.1, -0.05) is 23.7 Å². The van der Waals surface area contributed by atoms with Crippen LogP contribution in [0.2, 0.25) is 5.02 Å². The molecule has 1 N–H and O–H groups in total. The highest BCUT2D eigenvalue weighted by atomic mass is 35.5. The molecule has 156 valence electrons. The molecular formula is C22H22ClN3O4. The van der Waals surface area contributed by atoms with E-state index in [1.807, 2.05) is 31.2 Å². The maximum atomic E-state index is 12.4. The summed E-state index contributed by atoms with van der Waals surface area (Å²) in [5, 5.41) is 3.14. The third-order valence-corrected chi connectivity index (χ3v) is 4.52. The first-order valence-corrected chi connectivity index (χ1v) is 9.88. The van der Waals surface area contributed by atoms with Gasteiger partial charge in [-0.15, -0.1) is 0 Å². The van der Waals surface area contributed by atoms with E-state index in [9.17, 15) is 9.59 Å². The first-order chi connectivity index (χ1) is 14.6. The van der Waals surface area contributed by atoms with Crippen LogP contribution in [0.3, 0.4) is 0 Å². The molecule has 0 bridgehead atoms. The quantitative estimate of drug-likeness (QED) is 0.567. The average Bonchev–Trinajstić information content (AvgIpc) is 2.75. The van der Waals surface area contributed by atoms with Crippen LogP contribution in [0.1, 0.15) is 6.92 Å². The molecule has 3 rings (SSSR count).